The molecule has 4 aromatic carbocycles. The second-order valence-corrected chi connectivity index (χ2v) is 17.7. The van der Waals surface area contributed by atoms with E-state index in [2.05, 4.69) is 72.6 Å². The molecular formula is C55H65N3O7. The minimum atomic E-state index is -0.533. The van der Waals surface area contributed by atoms with Crippen LogP contribution in [0.5, 0.6) is 17.2 Å². The van der Waals surface area contributed by atoms with E-state index in [1.54, 1.807) is 20.2 Å². The van der Waals surface area contributed by atoms with Crippen LogP contribution in [0.1, 0.15) is 122 Å². The predicted molar refractivity (Wildman–Crippen MR) is 260 cm³/mol. The van der Waals surface area contributed by atoms with Crippen LogP contribution in [0.2, 0.25) is 0 Å². The maximum atomic E-state index is 13.8. The third-order valence-corrected chi connectivity index (χ3v) is 13.3. The number of nitrogens with two attached hydrogens (primary N) is 1. The van der Waals surface area contributed by atoms with Crippen LogP contribution in [0.15, 0.2) is 83.6 Å². The Morgan fingerprint density at radius 3 is 2.63 bits per heavy atom. The number of phenols is 1. The zero-order chi connectivity index (χ0) is 45.9. The summed E-state index contributed by atoms with van der Waals surface area (Å²) >= 11 is 0. The fourth-order valence-electron chi connectivity index (χ4n) is 9.72. The number of carbonyl (C=O) groups is 1. The van der Waals surface area contributed by atoms with Crippen molar-refractivity contribution >= 4 is 34.3 Å². The molecule has 0 unspecified atom stereocenters. The lowest BCUT2D eigenvalue weighted by molar-refractivity contribution is -0.121. The summed E-state index contributed by atoms with van der Waals surface area (Å²) in [4.78, 5) is 17.9. The standard InChI is InChI=1S/C55H65N3O7/c1-5-6-7-15-44-38(14-10-17-50(44)58-55(56)57-3)13-9-8-12-37-21-23-41(60)28-39(37)29-43-31-42(61)22-19-36-20-25-52(63-4)53(27-36)65-34-49-40(33-59)30-48-45(16-11-26-64-43)51(62)32-47-35(2)18-24-46(49)54(47)48/h10,14,17-18,20-21,23-25,27-28,30,32,35,37,39,43,59-60,62H,5-9,12-13,15-16,19,22,29,31,33-34H2,1-4H3,(H3,56,57,58)/t35-,37-,39+,43-/m0/s1. The van der Waals surface area contributed by atoms with E-state index in [1.165, 1.54) is 17.5 Å². The molecule has 342 valence electrons. The van der Waals surface area contributed by atoms with Crippen LogP contribution in [-0.4, -0.2) is 47.3 Å². The Morgan fingerprint density at radius 1 is 0.985 bits per heavy atom. The van der Waals surface area contributed by atoms with E-state index in [9.17, 15) is 20.1 Å². The highest BCUT2D eigenvalue weighted by atomic mass is 16.5. The molecule has 2 heterocycles. The first-order valence-electron chi connectivity index (χ1n) is 23.4. The van der Waals surface area contributed by atoms with Gasteiger partial charge in [0.05, 0.1) is 13.7 Å². The average Bonchev–Trinajstić information content (AvgIpc) is 3.30. The van der Waals surface area contributed by atoms with Crippen molar-refractivity contribution in [3.05, 3.63) is 123 Å². The second-order valence-electron chi connectivity index (χ2n) is 17.7. The maximum absolute atomic E-state index is 13.8. The molecule has 6 N–H and O–H groups in total. The minimum absolute atomic E-state index is 0.0477. The van der Waals surface area contributed by atoms with Gasteiger partial charge in [0.1, 0.15) is 36.1 Å². The van der Waals surface area contributed by atoms with E-state index >= 15 is 0 Å². The number of rotatable bonds is 14. The van der Waals surface area contributed by atoms with E-state index in [-0.39, 0.29) is 61.1 Å². The van der Waals surface area contributed by atoms with Gasteiger partial charge in [-0.05, 0) is 143 Å². The van der Waals surface area contributed by atoms with Gasteiger partial charge in [-0.3, -0.25) is 9.79 Å². The number of ketones is 1. The smallest absolute Gasteiger partial charge is 0.192 e. The van der Waals surface area contributed by atoms with Crippen LogP contribution in [0.3, 0.4) is 0 Å². The van der Waals surface area contributed by atoms with Crippen molar-refractivity contribution in [3.8, 4) is 29.3 Å². The Kier molecular flexibility index (Phi) is 15.9. The number of nitrogens with zero attached hydrogens (tertiary/aromatic N) is 1. The topological polar surface area (TPSA) is 156 Å². The van der Waals surface area contributed by atoms with Gasteiger partial charge in [-0.1, -0.05) is 75.5 Å². The highest BCUT2D eigenvalue weighted by Gasteiger charge is 2.28. The normalized spacial score (nSPS) is 19.7. The number of Topliss-reactive ketones (excluding diaryl/α,β-unsaturated/α-hetero) is 1. The number of aryl methyl sites for hydroxylation is 2. The summed E-state index contributed by atoms with van der Waals surface area (Å²) in [5, 5.41) is 38.0. The fraction of sp³-hybridized carbons (Fsp3) is 0.418. The van der Waals surface area contributed by atoms with Gasteiger partial charge in [0.25, 0.3) is 0 Å². The van der Waals surface area contributed by atoms with Gasteiger partial charge in [0, 0.05) is 49.0 Å². The predicted octanol–water partition coefficient (Wildman–Crippen LogP) is 10.7. The average molecular weight is 880 g/mol. The number of aliphatic hydroxyl groups is 2. The molecule has 4 aromatic rings. The third-order valence-electron chi connectivity index (χ3n) is 13.3. The molecule has 6 bridgehead atoms. The van der Waals surface area contributed by atoms with Crippen molar-refractivity contribution in [2.24, 2.45) is 22.6 Å². The van der Waals surface area contributed by atoms with Crippen molar-refractivity contribution in [2.75, 3.05) is 19.5 Å². The number of phenolic OH excluding ortho intramolecular Hbond substituents is 1. The molecule has 4 aliphatic rings. The van der Waals surface area contributed by atoms with Crippen LogP contribution >= 0.6 is 0 Å². The van der Waals surface area contributed by atoms with Crippen molar-refractivity contribution in [1.82, 2.24) is 0 Å². The van der Waals surface area contributed by atoms with E-state index < -0.39 is 6.10 Å². The number of nitrogens with one attached hydrogen (secondary N) is 1. The van der Waals surface area contributed by atoms with E-state index in [4.69, 9.17) is 19.9 Å². The number of guanidine groups is 1. The Balaban J connectivity index is 1.13. The lowest BCUT2D eigenvalue weighted by Gasteiger charge is -2.28. The van der Waals surface area contributed by atoms with Crippen LogP contribution in [-0.2, 0) is 48.4 Å². The van der Waals surface area contributed by atoms with Crippen LogP contribution in [0.4, 0.5) is 5.69 Å². The number of unbranched alkanes of at least 4 members (excludes halogenated alkanes) is 3. The molecule has 65 heavy (non-hydrogen) atoms. The Labute approximate surface area is 384 Å². The van der Waals surface area contributed by atoms with Gasteiger partial charge in [-0.2, -0.15) is 0 Å². The quantitative estimate of drug-likeness (QED) is 0.0360. The molecule has 10 nitrogen and oxygen atoms in total. The van der Waals surface area contributed by atoms with Crippen molar-refractivity contribution in [3.63, 3.8) is 0 Å². The molecule has 0 radical (unpaired) electrons. The Morgan fingerprint density at radius 2 is 1.83 bits per heavy atom. The molecule has 0 amide bonds. The molecule has 10 heteroatoms. The van der Waals surface area contributed by atoms with Gasteiger partial charge in [-0.25, -0.2) is 0 Å². The number of carbonyl (C=O) groups excluding carboxylic acids is 1. The molecule has 4 atom stereocenters. The number of aromatic hydroxyl groups is 1. The molecule has 8 rings (SSSR count). The summed E-state index contributed by atoms with van der Waals surface area (Å²) in [6.07, 6.45) is 22.2. The van der Waals surface area contributed by atoms with Gasteiger partial charge in [0.15, 0.2) is 17.5 Å². The highest BCUT2D eigenvalue weighted by Crippen LogP contribution is 2.43. The first-order valence-corrected chi connectivity index (χ1v) is 23.4. The monoisotopic (exact) mass is 879 g/mol. The largest absolute Gasteiger partial charge is 0.508 e. The zero-order valence-electron chi connectivity index (χ0n) is 38.4. The van der Waals surface area contributed by atoms with Gasteiger partial charge in [0.2, 0.25) is 0 Å². The number of aliphatic hydroxyl groups excluding tert-OH is 2. The van der Waals surface area contributed by atoms with Crippen LogP contribution in [0.25, 0.3) is 16.8 Å². The lowest BCUT2D eigenvalue weighted by Crippen LogP contribution is -2.24. The van der Waals surface area contributed by atoms with Gasteiger partial charge in [-0.15, -0.1) is 0 Å². The van der Waals surface area contributed by atoms with Crippen molar-refractivity contribution < 1.29 is 34.3 Å². The van der Waals surface area contributed by atoms with Crippen LogP contribution < -0.4 is 20.5 Å². The molecule has 0 saturated heterocycles. The first-order chi connectivity index (χ1) is 31.6. The number of aliphatic imine (C=N–C) groups is 1. The SMILES string of the molecule is CCCCCc1c(CCCC[C@H]2C=CC(O)=C[C@@H]2C[C@H]2CC(=O)CCc3ccc(OC)c(c3)OCc3c(CO)cc4c(c(O)cc5c4c3C=C[C@@H]5C)CC#CO2)cccc1NC(N)=NC. The highest BCUT2D eigenvalue weighted by molar-refractivity contribution is 6.01. The summed E-state index contributed by atoms with van der Waals surface area (Å²) in [5.74, 6) is 5.21. The number of hydrogen-bond acceptors (Lipinski definition) is 8. The second kappa shape index (κ2) is 22.1. The molecule has 0 aromatic heterocycles. The van der Waals surface area contributed by atoms with E-state index in [0.29, 0.717) is 47.8 Å². The van der Waals surface area contributed by atoms with Gasteiger partial charge < -0.3 is 40.6 Å². The number of fused-ring (bicyclic) bond motifs is 9. The third kappa shape index (κ3) is 11.4. The van der Waals surface area contributed by atoms with Crippen molar-refractivity contribution in [2.45, 2.75) is 123 Å². The zero-order valence-corrected chi connectivity index (χ0v) is 38.4. The molecule has 2 aliphatic heterocycles. The van der Waals surface area contributed by atoms with E-state index in [0.717, 1.165) is 83.7 Å². The molecule has 0 fully saturated rings. The summed E-state index contributed by atoms with van der Waals surface area (Å²) < 4.78 is 18.5. The van der Waals surface area contributed by atoms with E-state index in [1.807, 2.05) is 36.4 Å². The number of hydrogen-bond donors (Lipinski definition) is 5. The maximum Gasteiger partial charge on any atom is 0.192 e. The molecular weight excluding hydrogens is 815 g/mol. The Hall–Kier alpha value is -6.18. The molecule has 0 saturated carbocycles. The summed E-state index contributed by atoms with van der Waals surface area (Å²) in [7, 11) is 3.29. The summed E-state index contributed by atoms with van der Waals surface area (Å²) in [5.41, 5.74) is 14.8. The van der Waals surface area contributed by atoms with Crippen LogP contribution in [0, 0.1) is 23.9 Å². The van der Waals surface area contributed by atoms with Gasteiger partial charge >= 0.3 is 0 Å². The van der Waals surface area contributed by atoms with Crippen molar-refractivity contribution in [1.29, 1.82) is 0 Å². The first kappa shape index (κ1) is 46.8. The number of ether oxygens (including phenoxy) is 3. The number of allylic oxidation sites excluding steroid dienone is 4. The molecule has 0 spiro atoms. The number of benzene rings is 4. The minimum Gasteiger partial charge on any atom is -0.508 e. The Bertz CT molecular complexity index is 2540. The number of anilines is 1. The summed E-state index contributed by atoms with van der Waals surface area (Å²) in [6.45, 7) is 4.28. The molecule has 2 aliphatic carbocycles. The lowest BCUT2D eigenvalue weighted by atomic mass is 9.80. The number of methoxy groups -OCH3 is 1. The summed E-state index contributed by atoms with van der Waals surface area (Å²) in [6, 6.07) is 15.9. The fourth-order valence-corrected chi connectivity index (χ4v) is 9.72.